The van der Waals surface area contributed by atoms with Crippen molar-refractivity contribution in [1.29, 1.82) is 0 Å². The number of para-hydroxylation sites is 2. The molecule has 6 aromatic carbocycles. The van der Waals surface area contributed by atoms with E-state index >= 15 is 0 Å². The number of pyridine rings is 1. The third kappa shape index (κ3) is 8.47. The van der Waals surface area contributed by atoms with Crippen LogP contribution in [0.15, 0.2) is 144 Å². The van der Waals surface area contributed by atoms with Crippen LogP contribution in [0.2, 0.25) is 19.6 Å². The summed E-state index contributed by atoms with van der Waals surface area (Å²) in [5.41, 5.74) is 14.3. The predicted octanol–water partition coefficient (Wildman–Crippen LogP) is 14.5. The maximum Gasteiger partial charge on any atom is 0.121 e. The van der Waals surface area contributed by atoms with Gasteiger partial charge >= 0.3 is 0 Å². The van der Waals surface area contributed by atoms with Crippen LogP contribution in [-0.2, 0) is 20.1 Å². The van der Waals surface area contributed by atoms with Crippen molar-refractivity contribution in [3.63, 3.8) is 0 Å². The van der Waals surface area contributed by atoms with E-state index in [-0.39, 0.29) is 20.1 Å². The van der Waals surface area contributed by atoms with Crippen LogP contribution in [0.3, 0.4) is 0 Å². The Labute approximate surface area is 370 Å². The van der Waals surface area contributed by atoms with Crippen LogP contribution in [-0.4, -0.2) is 22.6 Å². The fourth-order valence-corrected chi connectivity index (χ4v) is 8.90. The number of imidazole rings is 1. The summed E-state index contributed by atoms with van der Waals surface area (Å²) in [4.78, 5) is 9.79. The first-order valence-electron chi connectivity index (χ1n) is 20.9. The van der Waals surface area contributed by atoms with Crippen LogP contribution < -0.4 is 5.19 Å². The zero-order valence-electron chi connectivity index (χ0n) is 36.1. The van der Waals surface area contributed by atoms with E-state index in [0.717, 1.165) is 61.2 Å². The Morgan fingerprint density at radius 3 is 1.97 bits per heavy atom. The molecule has 0 atom stereocenters. The van der Waals surface area contributed by atoms with Crippen molar-refractivity contribution >= 4 is 46.2 Å². The molecule has 3 heterocycles. The Bertz CT molecular complexity index is 2860. The molecule has 1 radical (unpaired) electrons. The van der Waals surface area contributed by atoms with Gasteiger partial charge in [-0.25, -0.2) is 0 Å². The van der Waals surface area contributed by atoms with Gasteiger partial charge in [-0.2, -0.15) is 0 Å². The molecule has 6 heteroatoms. The molecule has 0 spiro atoms. The zero-order chi connectivity index (χ0) is 41.4. The van der Waals surface area contributed by atoms with Crippen molar-refractivity contribution in [1.82, 2.24) is 14.5 Å². The minimum absolute atomic E-state index is 0. The molecule has 0 aliphatic carbocycles. The van der Waals surface area contributed by atoms with Crippen LogP contribution in [0.5, 0.6) is 0 Å². The predicted molar refractivity (Wildman–Crippen MR) is 252 cm³/mol. The minimum atomic E-state index is -1.23. The van der Waals surface area contributed by atoms with E-state index in [1.165, 1.54) is 33.1 Å². The Morgan fingerprint density at radius 1 is 0.633 bits per heavy atom. The van der Waals surface area contributed by atoms with Gasteiger partial charge in [-0.3, -0.25) is 4.98 Å². The van der Waals surface area contributed by atoms with Crippen LogP contribution in [0.25, 0.3) is 72.4 Å². The minimum Gasteiger partial charge on any atom is -0.501 e. The molecule has 305 valence electrons. The summed E-state index contributed by atoms with van der Waals surface area (Å²) in [6.07, 6.45) is 2.02. The SMILES string of the molecule is CC(C)c1cc(C(C)C)c(-n2c(-c3[c-]ccc4c3oc3cc(-c5ccccc5)ccc34)nc3ccccc32)c(C(C)C)c1.C[Si](C)(C)c1ccc(-c2[c-]cccc2)nc1.[Ir]. The van der Waals surface area contributed by atoms with Crippen molar-refractivity contribution in [3.8, 4) is 39.5 Å². The third-order valence-electron chi connectivity index (χ3n) is 11.3. The molecule has 9 aromatic rings. The third-order valence-corrected chi connectivity index (χ3v) is 13.3. The molecule has 60 heavy (non-hydrogen) atoms. The summed E-state index contributed by atoms with van der Waals surface area (Å²) in [5.74, 6) is 1.97. The molecule has 0 bridgehead atoms. The van der Waals surface area contributed by atoms with Crippen LogP contribution >= 0.6 is 0 Å². The van der Waals surface area contributed by atoms with Gasteiger partial charge in [-0.15, -0.1) is 54.1 Å². The van der Waals surface area contributed by atoms with Crippen molar-refractivity contribution < 1.29 is 24.5 Å². The summed E-state index contributed by atoms with van der Waals surface area (Å²) >= 11 is 0. The molecule has 9 rings (SSSR count). The largest absolute Gasteiger partial charge is 0.501 e. The van der Waals surface area contributed by atoms with Gasteiger partial charge in [0.25, 0.3) is 0 Å². The average molecular weight is 980 g/mol. The number of fused-ring (bicyclic) bond motifs is 4. The van der Waals surface area contributed by atoms with Crippen molar-refractivity contribution in [2.24, 2.45) is 0 Å². The first-order chi connectivity index (χ1) is 28.4. The first-order valence-corrected chi connectivity index (χ1v) is 24.4. The number of nitrogens with zero attached hydrogens (tertiary/aromatic N) is 3. The van der Waals surface area contributed by atoms with Crippen LogP contribution in [0, 0.1) is 12.1 Å². The number of benzene rings is 6. The molecule has 0 aliphatic heterocycles. The Balaban J connectivity index is 0.000000270. The van der Waals surface area contributed by atoms with Crippen molar-refractivity contribution in [3.05, 3.63) is 168 Å². The normalized spacial score (nSPS) is 11.7. The number of hydrogen-bond donors (Lipinski definition) is 0. The number of furan rings is 1. The van der Waals surface area contributed by atoms with Gasteiger partial charge < -0.3 is 14.0 Å². The van der Waals surface area contributed by atoms with Gasteiger partial charge in [0, 0.05) is 37.4 Å². The van der Waals surface area contributed by atoms with Gasteiger partial charge in [0.05, 0.1) is 30.5 Å². The monoisotopic (exact) mass is 980 g/mol. The fourth-order valence-electron chi connectivity index (χ4n) is 7.86. The molecule has 0 fully saturated rings. The second-order valence-electron chi connectivity index (χ2n) is 17.5. The van der Waals surface area contributed by atoms with E-state index in [1.807, 2.05) is 42.6 Å². The van der Waals surface area contributed by atoms with Gasteiger partial charge in [-0.1, -0.05) is 151 Å². The molecule has 0 unspecified atom stereocenters. The summed E-state index contributed by atoms with van der Waals surface area (Å²) in [5, 5.41) is 3.57. The summed E-state index contributed by atoms with van der Waals surface area (Å²) in [6.45, 7) is 20.7. The van der Waals surface area contributed by atoms with Crippen LogP contribution in [0.1, 0.15) is 76.0 Å². The molecular weight excluding hydrogens is 927 g/mol. The molecule has 0 amide bonds. The van der Waals surface area contributed by atoms with Gasteiger partial charge in [0.1, 0.15) is 5.58 Å². The fraction of sp³-hybridized carbons (Fsp3) is 0.222. The second kappa shape index (κ2) is 17.7. The van der Waals surface area contributed by atoms with E-state index in [4.69, 9.17) is 9.40 Å². The topological polar surface area (TPSA) is 43.9 Å². The van der Waals surface area contributed by atoms with E-state index in [2.05, 4.69) is 180 Å². The second-order valence-corrected chi connectivity index (χ2v) is 22.6. The number of aromatic nitrogens is 3. The van der Waals surface area contributed by atoms with E-state index < -0.39 is 8.07 Å². The average Bonchev–Trinajstić information content (AvgIpc) is 3.82. The van der Waals surface area contributed by atoms with E-state index in [0.29, 0.717) is 17.8 Å². The molecule has 0 saturated carbocycles. The van der Waals surface area contributed by atoms with Gasteiger partial charge in [-0.05, 0) is 74.7 Å². The Kier molecular flexibility index (Phi) is 12.6. The molecule has 0 saturated heterocycles. The van der Waals surface area contributed by atoms with Crippen LogP contribution in [0.4, 0.5) is 0 Å². The van der Waals surface area contributed by atoms with E-state index in [1.54, 1.807) is 0 Å². The quantitative estimate of drug-likeness (QED) is 0.113. The molecule has 4 nitrogen and oxygen atoms in total. The summed E-state index contributed by atoms with van der Waals surface area (Å²) in [6, 6.07) is 53.3. The van der Waals surface area contributed by atoms with E-state index in [9.17, 15) is 0 Å². The number of hydrogen-bond acceptors (Lipinski definition) is 3. The first kappa shape index (κ1) is 42.7. The van der Waals surface area contributed by atoms with Crippen molar-refractivity contribution in [2.75, 3.05) is 0 Å². The molecule has 0 N–H and O–H groups in total. The summed E-state index contributed by atoms with van der Waals surface area (Å²) in [7, 11) is -1.23. The maximum absolute atomic E-state index is 6.71. The Morgan fingerprint density at radius 2 is 1.33 bits per heavy atom. The van der Waals surface area contributed by atoms with Crippen molar-refractivity contribution in [2.45, 2.75) is 78.9 Å². The standard InChI is InChI=1S/C40H37N2O.C14H16NSi.Ir/c1-24(2)29-21-33(25(3)4)38(34(22-29)26(5)6)42-36-18-11-10-17-35(36)41-40(42)32-16-12-15-31-30-20-19-28(23-37(30)43-39(31)32)27-13-8-7-9-14-27;1-16(2,3)13-9-10-14(15-11-13)12-7-5-4-6-8-12;/h7-15,17-26H,1-6H3;4-7,9-11H,1-3H3;/q2*-1;. The summed E-state index contributed by atoms with van der Waals surface area (Å²) < 4.78 is 9.08. The number of rotatable bonds is 8. The van der Waals surface area contributed by atoms with Gasteiger partial charge in [0.15, 0.2) is 0 Å². The molecular formula is C54H53IrN3OSi-2. The zero-order valence-corrected chi connectivity index (χ0v) is 39.5. The van der Waals surface area contributed by atoms with Gasteiger partial charge in [0.2, 0.25) is 0 Å². The Hall–Kier alpha value is -5.39. The molecule has 0 aliphatic rings. The maximum atomic E-state index is 6.71. The smallest absolute Gasteiger partial charge is 0.121 e. The molecule has 3 aromatic heterocycles.